The van der Waals surface area contributed by atoms with Gasteiger partial charge in [-0.2, -0.15) is 0 Å². The minimum atomic E-state index is -1.19. The fourth-order valence-corrected chi connectivity index (χ4v) is 2.07. The van der Waals surface area contributed by atoms with Crippen molar-refractivity contribution in [3.05, 3.63) is 22.2 Å². The maximum atomic E-state index is 11.2. The summed E-state index contributed by atoms with van der Waals surface area (Å²) in [6.07, 6.45) is -1.19. The quantitative estimate of drug-likeness (QED) is 0.787. The van der Waals surface area contributed by atoms with Crippen LogP contribution < -0.4 is 9.47 Å². The number of aliphatic hydroxyl groups is 1. The van der Waals surface area contributed by atoms with Crippen LogP contribution in [0.5, 0.6) is 11.5 Å². The average Bonchev–Trinajstić information content (AvgIpc) is 2.39. The Morgan fingerprint density at radius 1 is 1.32 bits per heavy atom. The van der Waals surface area contributed by atoms with E-state index < -0.39 is 12.1 Å². The summed E-state index contributed by atoms with van der Waals surface area (Å²) in [5.74, 6) is -0.273. The van der Waals surface area contributed by atoms with E-state index in [-0.39, 0.29) is 13.2 Å². The van der Waals surface area contributed by atoms with Crippen molar-refractivity contribution in [3.8, 4) is 11.5 Å². The first-order chi connectivity index (χ1) is 9.04. The Morgan fingerprint density at radius 2 is 1.89 bits per heavy atom. The molecule has 1 rings (SSSR count). The molecule has 0 aliphatic heterocycles. The van der Waals surface area contributed by atoms with Crippen LogP contribution in [0, 0.1) is 0 Å². The summed E-state index contributed by atoms with van der Waals surface area (Å²) >= 11 is 3.27. The zero-order valence-corrected chi connectivity index (χ0v) is 12.1. The Balaban J connectivity index is 3.18. The van der Waals surface area contributed by atoms with Crippen molar-refractivity contribution < 1.29 is 29.2 Å². The number of carboxylic acids is 1. The highest BCUT2D eigenvalue weighted by atomic mass is 79.9. The topological polar surface area (TPSA) is 85.2 Å². The van der Waals surface area contributed by atoms with Crippen LogP contribution in [-0.4, -0.2) is 43.6 Å². The third-order valence-electron chi connectivity index (χ3n) is 2.39. The maximum Gasteiger partial charge on any atom is 0.337 e. The highest BCUT2D eigenvalue weighted by molar-refractivity contribution is 9.10. The summed E-state index contributed by atoms with van der Waals surface area (Å²) in [6.45, 7) is -0.327. The van der Waals surface area contributed by atoms with Gasteiger partial charge in [0.1, 0.15) is 0 Å². The van der Waals surface area contributed by atoms with Gasteiger partial charge in [-0.25, -0.2) is 4.79 Å². The number of aliphatic carboxylic acids is 1. The summed E-state index contributed by atoms with van der Waals surface area (Å²) in [5.41, 5.74) is 0.388. The molecular formula is C12H15BrO6. The van der Waals surface area contributed by atoms with Gasteiger partial charge in [0.2, 0.25) is 0 Å². The lowest BCUT2D eigenvalue weighted by molar-refractivity contribution is -0.151. The fraction of sp³-hybridized carbons (Fsp3) is 0.417. The second kappa shape index (κ2) is 7.32. The summed E-state index contributed by atoms with van der Waals surface area (Å²) in [7, 11) is 2.95. The highest BCUT2D eigenvalue weighted by Gasteiger charge is 2.25. The molecule has 0 fully saturated rings. The molecule has 2 N–H and O–H groups in total. The number of carbonyl (C=O) groups is 1. The predicted molar refractivity (Wildman–Crippen MR) is 70.7 cm³/mol. The number of hydrogen-bond donors (Lipinski definition) is 2. The monoisotopic (exact) mass is 334 g/mol. The minimum absolute atomic E-state index is 0.0717. The van der Waals surface area contributed by atoms with Crippen LogP contribution in [0.2, 0.25) is 0 Å². The van der Waals surface area contributed by atoms with E-state index in [1.54, 1.807) is 6.07 Å². The molecule has 0 amide bonds. The SMILES string of the molecule is COc1cc(Br)c(C(OCCO)C(=O)O)cc1OC. The Morgan fingerprint density at radius 3 is 2.37 bits per heavy atom. The van der Waals surface area contributed by atoms with Gasteiger partial charge in [0.25, 0.3) is 0 Å². The van der Waals surface area contributed by atoms with E-state index in [2.05, 4.69) is 15.9 Å². The summed E-state index contributed by atoms with van der Waals surface area (Å²) in [5, 5.41) is 17.9. The number of hydrogen-bond acceptors (Lipinski definition) is 5. The van der Waals surface area contributed by atoms with Gasteiger partial charge < -0.3 is 24.4 Å². The van der Waals surface area contributed by atoms with Crippen LogP contribution in [0.15, 0.2) is 16.6 Å². The average molecular weight is 335 g/mol. The molecule has 1 aromatic rings. The first-order valence-corrected chi connectivity index (χ1v) is 6.21. The smallest absolute Gasteiger partial charge is 0.337 e. The van der Waals surface area contributed by atoms with Gasteiger partial charge in [-0.1, -0.05) is 15.9 Å². The van der Waals surface area contributed by atoms with E-state index in [9.17, 15) is 4.79 Å². The van der Waals surface area contributed by atoms with Crippen LogP contribution in [0.3, 0.4) is 0 Å². The van der Waals surface area contributed by atoms with E-state index in [4.69, 9.17) is 24.4 Å². The van der Waals surface area contributed by atoms with Crippen LogP contribution >= 0.6 is 15.9 Å². The molecule has 7 heteroatoms. The summed E-state index contributed by atoms with van der Waals surface area (Å²) in [4.78, 5) is 11.2. The van der Waals surface area contributed by atoms with Gasteiger partial charge >= 0.3 is 5.97 Å². The Kier molecular flexibility index (Phi) is 6.07. The fourth-order valence-electron chi connectivity index (χ4n) is 1.54. The van der Waals surface area contributed by atoms with Crippen molar-refractivity contribution in [1.29, 1.82) is 0 Å². The van der Waals surface area contributed by atoms with Crippen LogP contribution in [0.4, 0.5) is 0 Å². The highest BCUT2D eigenvalue weighted by Crippen LogP contribution is 2.37. The Labute approximate surface area is 119 Å². The molecule has 1 atom stereocenters. The van der Waals surface area contributed by atoms with E-state index in [1.165, 1.54) is 20.3 Å². The van der Waals surface area contributed by atoms with E-state index in [0.717, 1.165) is 0 Å². The second-order valence-corrected chi connectivity index (χ2v) is 4.40. The largest absolute Gasteiger partial charge is 0.493 e. The van der Waals surface area contributed by atoms with Gasteiger partial charge in [-0.05, 0) is 12.1 Å². The van der Waals surface area contributed by atoms with Gasteiger partial charge in [0.15, 0.2) is 17.6 Å². The Hall–Kier alpha value is -1.31. The molecular weight excluding hydrogens is 320 g/mol. The molecule has 106 valence electrons. The molecule has 0 bridgehead atoms. The van der Waals surface area contributed by atoms with Crippen molar-refractivity contribution in [2.24, 2.45) is 0 Å². The van der Waals surface area contributed by atoms with Gasteiger partial charge in [0, 0.05) is 10.0 Å². The van der Waals surface area contributed by atoms with E-state index >= 15 is 0 Å². The normalized spacial score (nSPS) is 12.0. The molecule has 0 spiro atoms. The van der Waals surface area contributed by atoms with Gasteiger partial charge in [-0.15, -0.1) is 0 Å². The molecule has 0 saturated heterocycles. The van der Waals surface area contributed by atoms with Crippen molar-refractivity contribution in [2.45, 2.75) is 6.10 Å². The molecule has 1 aromatic carbocycles. The third kappa shape index (κ3) is 3.82. The molecule has 0 saturated carbocycles. The lowest BCUT2D eigenvalue weighted by atomic mass is 10.1. The molecule has 0 aliphatic carbocycles. The maximum absolute atomic E-state index is 11.2. The first-order valence-electron chi connectivity index (χ1n) is 5.41. The lowest BCUT2D eigenvalue weighted by Gasteiger charge is -2.17. The molecule has 0 aliphatic rings. The number of aliphatic hydroxyl groups excluding tert-OH is 1. The van der Waals surface area contributed by atoms with E-state index in [1.807, 2.05) is 0 Å². The number of ether oxygens (including phenoxy) is 3. The van der Waals surface area contributed by atoms with Gasteiger partial charge in [0.05, 0.1) is 27.4 Å². The van der Waals surface area contributed by atoms with Crippen LogP contribution in [0.25, 0.3) is 0 Å². The number of halogens is 1. The zero-order chi connectivity index (χ0) is 14.4. The number of rotatable bonds is 7. The van der Waals surface area contributed by atoms with E-state index in [0.29, 0.717) is 21.5 Å². The van der Waals surface area contributed by atoms with Crippen molar-refractivity contribution in [1.82, 2.24) is 0 Å². The van der Waals surface area contributed by atoms with Gasteiger partial charge in [-0.3, -0.25) is 0 Å². The first kappa shape index (κ1) is 15.7. The third-order valence-corrected chi connectivity index (χ3v) is 3.07. The number of carboxylic acid groups (broad SMARTS) is 1. The zero-order valence-electron chi connectivity index (χ0n) is 10.6. The lowest BCUT2D eigenvalue weighted by Crippen LogP contribution is -2.18. The Bertz CT molecular complexity index is 448. The molecule has 0 aromatic heterocycles. The molecule has 19 heavy (non-hydrogen) atoms. The molecule has 6 nitrogen and oxygen atoms in total. The van der Waals surface area contributed by atoms with Crippen LogP contribution in [0.1, 0.15) is 11.7 Å². The second-order valence-electron chi connectivity index (χ2n) is 3.54. The standard InChI is InChI=1S/C12H15BrO6/c1-17-9-5-7(8(13)6-10(9)18-2)11(12(15)16)19-4-3-14/h5-6,11,14H,3-4H2,1-2H3,(H,15,16). The predicted octanol–water partition coefficient (Wildman–Crippen LogP) is 1.60. The summed E-state index contributed by atoms with van der Waals surface area (Å²) < 4.78 is 15.9. The molecule has 0 radical (unpaired) electrons. The number of methoxy groups -OCH3 is 2. The molecule has 0 heterocycles. The van der Waals surface area contributed by atoms with Crippen LogP contribution in [-0.2, 0) is 9.53 Å². The molecule has 1 unspecified atom stereocenters. The summed E-state index contributed by atoms with van der Waals surface area (Å²) in [6, 6.07) is 3.13. The van der Waals surface area contributed by atoms with Crippen molar-refractivity contribution >= 4 is 21.9 Å². The number of benzene rings is 1. The minimum Gasteiger partial charge on any atom is -0.493 e. The van der Waals surface area contributed by atoms with Crippen molar-refractivity contribution in [2.75, 3.05) is 27.4 Å². The van der Waals surface area contributed by atoms with Crippen molar-refractivity contribution in [3.63, 3.8) is 0 Å².